The zero-order valence-electron chi connectivity index (χ0n) is 10.3. The molecule has 3 atom stereocenters. The molecule has 15 heavy (non-hydrogen) atoms. The lowest BCUT2D eigenvalue weighted by Gasteiger charge is -2.24. The van der Waals surface area contributed by atoms with E-state index in [1.54, 1.807) is 0 Å². The van der Waals surface area contributed by atoms with E-state index in [2.05, 4.69) is 24.1 Å². The van der Waals surface area contributed by atoms with Gasteiger partial charge in [-0.3, -0.25) is 4.90 Å². The summed E-state index contributed by atoms with van der Waals surface area (Å²) in [5.41, 5.74) is 0. The third-order valence-electron chi connectivity index (χ3n) is 4.02. The van der Waals surface area contributed by atoms with Crippen molar-refractivity contribution in [1.29, 1.82) is 0 Å². The summed E-state index contributed by atoms with van der Waals surface area (Å²) < 4.78 is 0. The van der Waals surface area contributed by atoms with Crippen LogP contribution < -0.4 is 5.32 Å². The van der Waals surface area contributed by atoms with Gasteiger partial charge in [0.1, 0.15) is 0 Å². The molecule has 1 aliphatic carbocycles. The van der Waals surface area contributed by atoms with Gasteiger partial charge < -0.3 is 5.32 Å². The minimum Gasteiger partial charge on any atom is -0.313 e. The first-order valence-electron chi connectivity index (χ1n) is 6.82. The summed E-state index contributed by atoms with van der Waals surface area (Å²) in [5, 5.41) is 3.65. The SMILES string of the molecule is CCCC1CC1N1CCCNC(CC)C1. The largest absolute Gasteiger partial charge is 0.313 e. The van der Waals surface area contributed by atoms with Crippen LogP contribution in [0.25, 0.3) is 0 Å². The Labute approximate surface area is 94.4 Å². The lowest BCUT2D eigenvalue weighted by Crippen LogP contribution is -2.38. The second-order valence-electron chi connectivity index (χ2n) is 5.26. The zero-order valence-corrected chi connectivity index (χ0v) is 10.3. The summed E-state index contributed by atoms with van der Waals surface area (Å²) in [6.45, 7) is 8.46. The Balaban J connectivity index is 1.81. The minimum absolute atomic E-state index is 0.746. The van der Waals surface area contributed by atoms with Gasteiger partial charge in [-0.05, 0) is 44.7 Å². The van der Waals surface area contributed by atoms with E-state index in [1.807, 2.05) is 0 Å². The molecule has 1 N–H and O–H groups in total. The summed E-state index contributed by atoms with van der Waals surface area (Å²) >= 11 is 0. The van der Waals surface area contributed by atoms with Crippen LogP contribution >= 0.6 is 0 Å². The van der Waals surface area contributed by atoms with Crippen molar-refractivity contribution in [2.75, 3.05) is 19.6 Å². The van der Waals surface area contributed by atoms with Crippen LogP contribution in [-0.2, 0) is 0 Å². The third kappa shape index (κ3) is 2.94. The molecule has 0 spiro atoms. The Kier molecular flexibility index (Phi) is 4.04. The number of hydrogen-bond donors (Lipinski definition) is 1. The van der Waals surface area contributed by atoms with Crippen LogP contribution in [-0.4, -0.2) is 36.6 Å². The Morgan fingerprint density at radius 1 is 1.33 bits per heavy atom. The molecule has 88 valence electrons. The average Bonchev–Trinajstić information content (AvgIpc) is 3.00. The molecule has 2 nitrogen and oxygen atoms in total. The van der Waals surface area contributed by atoms with Crippen LogP contribution in [0, 0.1) is 5.92 Å². The molecule has 0 aromatic heterocycles. The van der Waals surface area contributed by atoms with Crippen LogP contribution in [0.15, 0.2) is 0 Å². The Morgan fingerprint density at radius 3 is 2.93 bits per heavy atom. The smallest absolute Gasteiger partial charge is 0.0192 e. The van der Waals surface area contributed by atoms with Gasteiger partial charge in [0.25, 0.3) is 0 Å². The first-order valence-corrected chi connectivity index (χ1v) is 6.82. The van der Waals surface area contributed by atoms with Crippen molar-refractivity contribution in [2.45, 2.75) is 58.0 Å². The van der Waals surface area contributed by atoms with Gasteiger partial charge in [-0.2, -0.15) is 0 Å². The molecule has 0 aromatic carbocycles. The normalized spacial score (nSPS) is 37.6. The topological polar surface area (TPSA) is 15.3 Å². The van der Waals surface area contributed by atoms with Gasteiger partial charge in [0.05, 0.1) is 0 Å². The van der Waals surface area contributed by atoms with Crippen LogP contribution in [0.3, 0.4) is 0 Å². The maximum absolute atomic E-state index is 3.65. The summed E-state index contributed by atoms with van der Waals surface area (Å²) in [4.78, 5) is 2.76. The van der Waals surface area contributed by atoms with Crippen LogP contribution in [0.5, 0.6) is 0 Å². The predicted molar refractivity (Wildman–Crippen MR) is 65.1 cm³/mol. The number of rotatable bonds is 4. The van der Waals surface area contributed by atoms with Crippen LogP contribution in [0.2, 0.25) is 0 Å². The molecule has 3 unspecified atom stereocenters. The molecule has 1 aliphatic heterocycles. The summed E-state index contributed by atoms with van der Waals surface area (Å²) in [6.07, 6.45) is 6.91. The molecule has 0 radical (unpaired) electrons. The molecule has 2 heteroatoms. The Bertz CT molecular complexity index is 193. The molecule has 1 saturated carbocycles. The van der Waals surface area contributed by atoms with Crippen molar-refractivity contribution in [3.63, 3.8) is 0 Å². The van der Waals surface area contributed by atoms with E-state index < -0.39 is 0 Å². The summed E-state index contributed by atoms with van der Waals surface area (Å²) in [6, 6.07) is 1.69. The maximum Gasteiger partial charge on any atom is 0.0192 e. The fraction of sp³-hybridized carbons (Fsp3) is 1.00. The van der Waals surface area contributed by atoms with Crippen LogP contribution in [0.4, 0.5) is 0 Å². The van der Waals surface area contributed by atoms with Gasteiger partial charge in [0.2, 0.25) is 0 Å². The molecule has 0 amide bonds. The van der Waals surface area contributed by atoms with Crippen molar-refractivity contribution in [3.8, 4) is 0 Å². The monoisotopic (exact) mass is 210 g/mol. The highest BCUT2D eigenvalue weighted by molar-refractivity contribution is 4.96. The van der Waals surface area contributed by atoms with Crippen molar-refractivity contribution in [1.82, 2.24) is 10.2 Å². The molecule has 1 heterocycles. The zero-order chi connectivity index (χ0) is 10.7. The molecule has 0 aromatic rings. The van der Waals surface area contributed by atoms with Gasteiger partial charge >= 0.3 is 0 Å². The van der Waals surface area contributed by atoms with Crippen molar-refractivity contribution in [3.05, 3.63) is 0 Å². The Hall–Kier alpha value is -0.0800. The fourth-order valence-electron chi connectivity index (χ4n) is 2.96. The Morgan fingerprint density at radius 2 is 2.20 bits per heavy atom. The van der Waals surface area contributed by atoms with Gasteiger partial charge in [-0.1, -0.05) is 20.3 Å². The summed E-state index contributed by atoms with van der Waals surface area (Å²) in [7, 11) is 0. The highest BCUT2D eigenvalue weighted by Crippen LogP contribution is 2.39. The molecular formula is C13H26N2. The first kappa shape index (κ1) is 11.4. The van der Waals surface area contributed by atoms with E-state index in [-0.39, 0.29) is 0 Å². The molecular weight excluding hydrogens is 184 g/mol. The lowest BCUT2D eigenvalue weighted by molar-refractivity contribution is 0.242. The predicted octanol–water partition coefficient (Wildman–Crippen LogP) is 2.25. The van der Waals surface area contributed by atoms with E-state index in [0.29, 0.717) is 0 Å². The van der Waals surface area contributed by atoms with Gasteiger partial charge in [0.15, 0.2) is 0 Å². The van der Waals surface area contributed by atoms with E-state index in [4.69, 9.17) is 0 Å². The highest BCUT2D eigenvalue weighted by Gasteiger charge is 2.41. The maximum atomic E-state index is 3.65. The van der Waals surface area contributed by atoms with Crippen molar-refractivity contribution < 1.29 is 0 Å². The number of nitrogens with zero attached hydrogens (tertiary/aromatic N) is 1. The molecule has 2 fully saturated rings. The van der Waals surface area contributed by atoms with Crippen molar-refractivity contribution in [2.24, 2.45) is 5.92 Å². The van der Waals surface area contributed by atoms with Gasteiger partial charge in [-0.25, -0.2) is 0 Å². The fourth-order valence-corrected chi connectivity index (χ4v) is 2.96. The van der Waals surface area contributed by atoms with Gasteiger partial charge in [0, 0.05) is 18.6 Å². The second kappa shape index (κ2) is 5.31. The molecule has 0 bridgehead atoms. The van der Waals surface area contributed by atoms with Crippen molar-refractivity contribution >= 4 is 0 Å². The van der Waals surface area contributed by atoms with E-state index >= 15 is 0 Å². The van der Waals surface area contributed by atoms with Gasteiger partial charge in [-0.15, -0.1) is 0 Å². The number of hydrogen-bond acceptors (Lipinski definition) is 2. The van der Waals surface area contributed by atoms with Crippen LogP contribution in [0.1, 0.15) is 46.0 Å². The molecule has 2 rings (SSSR count). The molecule has 2 aliphatic rings. The lowest BCUT2D eigenvalue weighted by atomic mass is 10.2. The minimum atomic E-state index is 0.746. The third-order valence-corrected chi connectivity index (χ3v) is 4.02. The highest BCUT2D eigenvalue weighted by atomic mass is 15.2. The quantitative estimate of drug-likeness (QED) is 0.765. The summed E-state index contributed by atoms with van der Waals surface area (Å²) in [5.74, 6) is 1.03. The number of nitrogens with one attached hydrogen (secondary N) is 1. The average molecular weight is 210 g/mol. The standard InChI is InChI=1S/C13H26N2/c1-3-6-11-9-13(11)15-8-5-7-14-12(4-2)10-15/h11-14H,3-10H2,1-2H3. The van der Waals surface area contributed by atoms with E-state index in [1.165, 1.54) is 51.7 Å². The van der Waals surface area contributed by atoms with E-state index in [9.17, 15) is 0 Å². The second-order valence-corrected chi connectivity index (χ2v) is 5.26. The first-order chi connectivity index (χ1) is 7.35. The van der Waals surface area contributed by atoms with E-state index in [0.717, 1.165) is 18.0 Å². The molecule has 1 saturated heterocycles.